The molecule has 0 aliphatic carbocycles. The first kappa shape index (κ1) is 19.3. The minimum atomic E-state index is 0.00284. The maximum absolute atomic E-state index is 13.0. The van der Waals surface area contributed by atoms with E-state index in [0.29, 0.717) is 30.8 Å². The predicted molar refractivity (Wildman–Crippen MR) is 123 cm³/mol. The van der Waals surface area contributed by atoms with Gasteiger partial charge in [0.15, 0.2) is 5.78 Å². The predicted octanol–water partition coefficient (Wildman–Crippen LogP) is 2.56. The van der Waals surface area contributed by atoms with Gasteiger partial charge < -0.3 is 14.8 Å². The summed E-state index contributed by atoms with van der Waals surface area (Å²) in [6.45, 7) is 3.46. The summed E-state index contributed by atoms with van der Waals surface area (Å²) in [4.78, 5) is 31.4. The van der Waals surface area contributed by atoms with Crippen molar-refractivity contribution in [1.29, 1.82) is 5.26 Å². The summed E-state index contributed by atoms with van der Waals surface area (Å²) < 4.78 is 4.05. The summed E-state index contributed by atoms with van der Waals surface area (Å²) >= 11 is 0. The van der Waals surface area contributed by atoms with Gasteiger partial charge in [0.25, 0.3) is 0 Å². The molecule has 5 heterocycles. The Morgan fingerprint density at radius 1 is 1.24 bits per heavy atom. The second-order valence-corrected chi connectivity index (χ2v) is 8.42. The van der Waals surface area contributed by atoms with E-state index in [9.17, 15) is 14.9 Å². The molecule has 0 unspecified atom stereocenters. The van der Waals surface area contributed by atoms with Crippen LogP contribution in [0.3, 0.4) is 0 Å². The molecule has 162 valence electrons. The van der Waals surface area contributed by atoms with Crippen LogP contribution in [0.1, 0.15) is 29.3 Å². The van der Waals surface area contributed by atoms with Crippen molar-refractivity contribution >= 4 is 39.5 Å². The molecule has 33 heavy (non-hydrogen) atoms. The van der Waals surface area contributed by atoms with Crippen LogP contribution >= 0.6 is 0 Å². The van der Waals surface area contributed by atoms with E-state index in [4.69, 9.17) is 0 Å². The summed E-state index contributed by atoms with van der Waals surface area (Å²) in [6, 6.07) is 11.7. The highest BCUT2D eigenvalue weighted by Crippen LogP contribution is 2.37. The van der Waals surface area contributed by atoms with Gasteiger partial charge in [0, 0.05) is 49.9 Å². The van der Waals surface area contributed by atoms with Crippen LogP contribution in [-0.4, -0.2) is 43.6 Å². The highest BCUT2D eigenvalue weighted by Gasteiger charge is 2.30. The number of nitrogens with one attached hydrogen (secondary N) is 1. The lowest BCUT2D eigenvalue weighted by molar-refractivity contribution is -0.129. The van der Waals surface area contributed by atoms with Gasteiger partial charge in [0.1, 0.15) is 5.65 Å². The lowest BCUT2D eigenvalue weighted by Crippen LogP contribution is -2.29. The molecule has 8 heteroatoms. The smallest absolute Gasteiger partial charge is 0.219 e. The van der Waals surface area contributed by atoms with Gasteiger partial charge in [-0.1, -0.05) is 6.07 Å². The zero-order valence-electron chi connectivity index (χ0n) is 18.0. The van der Waals surface area contributed by atoms with Gasteiger partial charge in [0.2, 0.25) is 5.91 Å². The number of carbonyl (C=O) groups excluding carboxylic acids is 2. The monoisotopic (exact) mass is 436 g/mol. The number of imidazole rings is 1. The average Bonchev–Trinajstić information content (AvgIpc) is 3.47. The van der Waals surface area contributed by atoms with E-state index in [-0.39, 0.29) is 18.2 Å². The maximum atomic E-state index is 13.0. The zero-order valence-corrected chi connectivity index (χ0v) is 18.0. The summed E-state index contributed by atoms with van der Waals surface area (Å²) in [5, 5.41) is 13.9. The van der Waals surface area contributed by atoms with E-state index in [0.717, 1.165) is 39.1 Å². The number of rotatable bonds is 2. The van der Waals surface area contributed by atoms with Gasteiger partial charge in [-0.3, -0.25) is 14.0 Å². The first-order valence-corrected chi connectivity index (χ1v) is 10.8. The molecule has 1 amide bonds. The second-order valence-electron chi connectivity index (χ2n) is 8.42. The van der Waals surface area contributed by atoms with E-state index in [1.54, 1.807) is 18.0 Å². The number of nitriles is 1. The molecule has 1 aromatic carbocycles. The van der Waals surface area contributed by atoms with E-state index in [2.05, 4.69) is 20.9 Å². The average molecular weight is 436 g/mol. The Balaban J connectivity index is 1.62. The number of carbonyl (C=O) groups is 2. The van der Waals surface area contributed by atoms with Crippen LogP contribution in [0.4, 0.5) is 0 Å². The van der Waals surface area contributed by atoms with Crippen molar-refractivity contribution < 1.29 is 9.59 Å². The molecule has 0 saturated carbocycles. The second kappa shape index (κ2) is 7.07. The van der Waals surface area contributed by atoms with Gasteiger partial charge in [-0.25, -0.2) is 4.98 Å². The fourth-order valence-corrected chi connectivity index (χ4v) is 4.97. The van der Waals surface area contributed by atoms with Crippen LogP contribution in [0.15, 0.2) is 48.9 Å². The highest BCUT2D eigenvalue weighted by atomic mass is 16.2. The quantitative estimate of drug-likeness (QED) is 0.521. The van der Waals surface area contributed by atoms with E-state index in [1.807, 2.05) is 47.1 Å². The summed E-state index contributed by atoms with van der Waals surface area (Å²) in [5.41, 5.74) is 6.20. The molecule has 0 fully saturated rings. The Morgan fingerprint density at radius 2 is 2.12 bits per heavy atom. The van der Waals surface area contributed by atoms with Crippen molar-refractivity contribution in [1.82, 2.24) is 24.2 Å². The third kappa shape index (κ3) is 2.86. The number of hydrogen-bond acceptors (Lipinski definition) is 5. The van der Waals surface area contributed by atoms with Crippen molar-refractivity contribution in [3.05, 3.63) is 71.3 Å². The van der Waals surface area contributed by atoms with Crippen molar-refractivity contribution in [3.8, 4) is 6.07 Å². The van der Waals surface area contributed by atoms with Crippen molar-refractivity contribution in [2.24, 2.45) is 0 Å². The Labute approximate surface area is 189 Å². The van der Waals surface area contributed by atoms with Crippen LogP contribution in [0, 0.1) is 11.3 Å². The Kier molecular flexibility index (Phi) is 4.14. The first-order chi connectivity index (χ1) is 16.0. The number of hydrogen-bond donors (Lipinski definition) is 1. The Hall–Kier alpha value is -4.38. The summed E-state index contributed by atoms with van der Waals surface area (Å²) in [7, 11) is 0. The third-order valence-electron chi connectivity index (χ3n) is 6.49. The van der Waals surface area contributed by atoms with Crippen molar-refractivity contribution in [3.63, 3.8) is 0 Å². The topological polar surface area (TPSA) is 95.4 Å². The molecule has 2 aliphatic heterocycles. The molecular weight excluding hydrogens is 416 g/mol. The number of Topliss-reactive ketones (excluding diaryl/α,β-unsaturated/α-hetero) is 1. The molecule has 0 bridgehead atoms. The maximum Gasteiger partial charge on any atom is 0.219 e. The SMILES string of the molecule is CC(=O)N1CCn2cc(C3=C(c4cnc5ccccn45)C(=O)CN3)c3cc(C#N)cc(c32)C1. The highest BCUT2D eigenvalue weighted by molar-refractivity contribution is 6.32. The molecule has 0 saturated heterocycles. The lowest BCUT2D eigenvalue weighted by atomic mass is 10.00. The molecule has 1 N–H and O–H groups in total. The van der Waals surface area contributed by atoms with Crippen LogP contribution in [0.5, 0.6) is 0 Å². The molecular formula is C25H20N6O2. The minimum Gasteiger partial charge on any atom is -0.376 e. The molecule has 8 nitrogen and oxygen atoms in total. The Morgan fingerprint density at radius 3 is 2.94 bits per heavy atom. The van der Waals surface area contributed by atoms with Crippen LogP contribution in [0.25, 0.3) is 27.8 Å². The number of aromatic nitrogens is 3. The lowest BCUT2D eigenvalue weighted by Gasteiger charge is -2.18. The van der Waals surface area contributed by atoms with Gasteiger partial charge in [-0.15, -0.1) is 0 Å². The van der Waals surface area contributed by atoms with Crippen LogP contribution < -0.4 is 5.32 Å². The minimum absolute atomic E-state index is 0.00284. The number of pyridine rings is 1. The van der Waals surface area contributed by atoms with Crippen molar-refractivity contribution in [2.75, 3.05) is 13.1 Å². The van der Waals surface area contributed by atoms with Gasteiger partial charge in [0.05, 0.1) is 46.9 Å². The van der Waals surface area contributed by atoms with E-state index < -0.39 is 0 Å². The zero-order chi connectivity index (χ0) is 22.7. The van der Waals surface area contributed by atoms with Crippen molar-refractivity contribution in [2.45, 2.75) is 20.0 Å². The number of amides is 1. The van der Waals surface area contributed by atoms with Crippen LogP contribution in [0.2, 0.25) is 0 Å². The normalized spacial score (nSPS) is 15.8. The molecule has 0 atom stereocenters. The standard InChI is InChI=1S/C25H20N6O2/c1-15(32)29-6-7-30-14-19(18-9-16(10-26)8-17(13-29)25(18)30)24-23(21(33)12-28-24)20-11-27-22-4-2-3-5-31(20)22/h2-5,8-9,11,14,28H,6-7,12-13H2,1H3. The largest absolute Gasteiger partial charge is 0.376 e. The molecule has 3 aromatic heterocycles. The number of ketones is 1. The van der Waals surface area contributed by atoms with Gasteiger partial charge >= 0.3 is 0 Å². The third-order valence-corrected chi connectivity index (χ3v) is 6.49. The molecule has 2 aliphatic rings. The van der Waals surface area contributed by atoms with Crippen LogP contribution in [-0.2, 0) is 22.7 Å². The fourth-order valence-electron chi connectivity index (χ4n) is 4.97. The van der Waals surface area contributed by atoms with E-state index in [1.165, 1.54) is 0 Å². The summed E-state index contributed by atoms with van der Waals surface area (Å²) in [5.74, 6) is 0.0141. The molecule has 0 spiro atoms. The van der Waals surface area contributed by atoms with E-state index >= 15 is 0 Å². The molecule has 0 radical (unpaired) electrons. The summed E-state index contributed by atoms with van der Waals surface area (Å²) in [6.07, 6.45) is 5.66. The Bertz CT molecular complexity index is 1570. The number of fused-ring (bicyclic) bond motifs is 1. The number of benzene rings is 1. The fraction of sp³-hybridized carbons (Fsp3) is 0.200. The molecule has 6 rings (SSSR count). The first-order valence-electron chi connectivity index (χ1n) is 10.8. The molecule has 4 aromatic rings. The van der Waals surface area contributed by atoms with Gasteiger partial charge in [-0.2, -0.15) is 5.26 Å². The van der Waals surface area contributed by atoms with Gasteiger partial charge in [-0.05, 0) is 29.8 Å². The number of nitrogens with zero attached hydrogens (tertiary/aromatic N) is 5.